The highest BCUT2D eigenvalue weighted by Gasteiger charge is 2.22. The van der Waals surface area contributed by atoms with Crippen LogP contribution in [0.3, 0.4) is 0 Å². The quantitative estimate of drug-likeness (QED) is 0.357. The van der Waals surface area contributed by atoms with E-state index >= 15 is 0 Å². The summed E-state index contributed by atoms with van der Waals surface area (Å²) in [6, 6.07) is 11.8. The molecule has 0 aliphatic rings. The van der Waals surface area contributed by atoms with Crippen LogP contribution < -0.4 is 22.2 Å². The standard InChI is InChI=1S/C25H24FN5O2/c1-5-11-31-25(33)20-21(28-19-10-9-14(2)12-18(19)26)15(3)24(32)30(4)23(20)22(29-31)16-7-6-8-17(27)13-16/h5-10,12-13,28H,1,11,27H2,2-4H3. The summed E-state index contributed by atoms with van der Waals surface area (Å²) in [6.45, 7) is 7.26. The number of hydrogen-bond acceptors (Lipinski definition) is 5. The lowest BCUT2D eigenvalue weighted by molar-refractivity contribution is 0.630. The van der Waals surface area contributed by atoms with Crippen molar-refractivity contribution in [2.45, 2.75) is 20.4 Å². The van der Waals surface area contributed by atoms with Crippen LogP contribution in [0.2, 0.25) is 0 Å². The second-order valence-electron chi connectivity index (χ2n) is 7.95. The van der Waals surface area contributed by atoms with Crippen LogP contribution in [0.25, 0.3) is 22.2 Å². The maximum absolute atomic E-state index is 14.7. The third-order valence-corrected chi connectivity index (χ3v) is 5.56. The van der Waals surface area contributed by atoms with Crippen LogP contribution in [0.1, 0.15) is 11.1 Å². The molecule has 0 bridgehead atoms. The highest BCUT2D eigenvalue weighted by molar-refractivity contribution is 6.00. The maximum Gasteiger partial charge on any atom is 0.278 e. The first kappa shape index (κ1) is 22.0. The van der Waals surface area contributed by atoms with Gasteiger partial charge in [0.2, 0.25) is 0 Å². The molecule has 0 aliphatic carbocycles. The van der Waals surface area contributed by atoms with Crippen molar-refractivity contribution in [2.24, 2.45) is 7.05 Å². The molecule has 7 nitrogen and oxygen atoms in total. The van der Waals surface area contributed by atoms with Gasteiger partial charge < -0.3 is 15.6 Å². The SMILES string of the molecule is C=CCn1nc(-c2cccc(N)c2)c2c(c(Nc3ccc(C)cc3F)c(C)c(=O)n2C)c1=O. The van der Waals surface area contributed by atoms with E-state index < -0.39 is 11.4 Å². The highest BCUT2D eigenvalue weighted by atomic mass is 19.1. The number of nitrogens with zero attached hydrogens (tertiary/aromatic N) is 3. The monoisotopic (exact) mass is 445 g/mol. The van der Waals surface area contributed by atoms with Crippen molar-refractivity contribution < 1.29 is 4.39 Å². The van der Waals surface area contributed by atoms with Gasteiger partial charge >= 0.3 is 0 Å². The molecule has 168 valence electrons. The van der Waals surface area contributed by atoms with E-state index in [1.165, 1.54) is 15.3 Å². The second kappa shape index (κ2) is 8.38. The van der Waals surface area contributed by atoms with Crippen LogP contribution >= 0.6 is 0 Å². The molecule has 4 rings (SSSR count). The van der Waals surface area contributed by atoms with Crippen molar-refractivity contribution in [3.8, 4) is 11.3 Å². The highest BCUT2D eigenvalue weighted by Crippen LogP contribution is 2.32. The van der Waals surface area contributed by atoms with Gasteiger partial charge in [0, 0.05) is 23.9 Å². The third-order valence-electron chi connectivity index (χ3n) is 5.56. The molecule has 0 atom stereocenters. The summed E-state index contributed by atoms with van der Waals surface area (Å²) in [5.41, 5.74) is 8.58. The Hall–Kier alpha value is -4.20. The van der Waals surface area contributed by atoms with Crippen molar-refractivity contribution in [1.29, 1.82) is 0 Å². The Kier molecular flexibility index (Phi) is 5.59. The van der Waals surface area contributed by atoms with Gasteiger partial charge in [-0.1, -0.05) is 24.3 Å². The zero-order chi connectivity index (χ0) is 23.9. The van der Waals surface area contributed by atoms with E-state index in [2.05, 4.69) is 17.0 Å². The van der Waals surface area contributed by atoms with Crippen LogP contribution in [0.15, 0.2) is 64.7 Å². The van der Waals surface area contributed by atoms with Crippen molar-refractivity contribution in [1.82, 2.24) is 14.3 Å². The summed E-state index contributed by atoms with van der Waals surface area (Å²) in [6.07, 6.45) is 1.56. The molecule has 0 amide bonds. The van der Waals surface area contributed by atoms with Gasteiger partial charge in [-0.25, -0.2) is 9.07 Å². The molecular weight excluding hydrogens is 421 g/mol. The first-order valence-electron chi connectivity index (χ1n) is 10.4. The summed E-state index contributed by atoms with van der Waals surface area (Å²) in [7, 11) is 1.59. The number of halogens is 1. The smallest absolute Gasteiger partial charge is 0.278 e. The lowest BCUT2D eigenvalue weighted by Gasteiger charge is -2.19. The molecule has 4 aromatic rings. The molecule has 0 radical (unpaired) electrons. The van der Waals surface area contributed by atoms with E-state index in [0.717, 1.165) is 5.56 Å². The number of allylic oxidation sites excluding steroid dienone is 1. The minimum Gasteiger partial charge on any atom is -0.399 e. The second-order valence-corrected chi connectivity index (χ2v) is 7.95. The normalized spacial score (nSPS) is 11.0. The van der Waals surface area contributed by atoms with Crippen molar-refractivity contribution in [2.75, 3.05) is 11.1 Å². The Morgan fingerprint density at radius 1 is 1.15 bits per heavy atom. The van der Waals surface area contributed by atoms with Gasteiger partial charge in [0.25, 0.3) is 11.1 Å². The molecule has 8 heteroatoms. The van der Waals surface area contributed by atoms with Crippen LogP contribution in [0.4, 0.5) is 21.5 Å². The van der Waals surface area contributed by atoms with E-state index in [4.69, 9.17) is 5.73 Å². The topological polar surface area (TPSA) is 94.9 Å². The van der Waals surface area contributed by atoms with E-state index in [9.17, 15) is 14.0 Å². The first-order chi connectivity index (χ1) is 15.7. The molecule has 3 N–H and O–H groups in total. The van der Waals surface area contributed by atoms with E-state index in [-0.39, 0.29) is 34.4 Å². The van der Waals surface area contributed by atoms with Crippen LogP contribution in [0.5, 0.6) is 0 Å². The molecule has 33 heavy (non-hydrogen) atoms. The van der Waals surface area contributed by atoms with Gasteiger partial charge in [-0.05, 0) is 43.7 Å². The van der Waals surface area contributed by atoms with Gasteiger partial charge in [-0.15, -0.1) is 6.58 Å². The number of hydrogen-bond donors (Lipinski definition) is 2. The number of nitrogen functional groups attached to an aromatic ring is 1. The molecule has 0 saturated carbocycles. The summed E-state index contributed by atoms with van der Waals surface area (Å²) in [5, 5.41) is 7.75. The Morgan fingerprint density at radius 2 is 1.91 bits per heavy atom. The molecule has 0 fully saturated rings. The molecule has 0 unspecified atom stereocenters. The maximum atomic E-state index is 14.7. The Morgan fingerprint density at radius 3 is 2.58 bits per heavy atom. The lowest BCUT2D eigenvalue weighted by Crippen LogP contribution is -2.30. The number of aryl methyl sites for hydroxylation is 2. The predicted molar refractivity (Wildman–Crippen MR) is 130 cm³/mol. The van der Waals surface area contributed by atoms with Crippen LogP contribution in [-0.2, 0) is 13.6 Å². The molecule has 0 spiro atoms. The molecule has 2 aromatic heterocycles. The number of fused-ring (bicyclic) bond motifs is 1. The van der Waals surface area contributed by atoms with Crippen LogP contribution in [0, 0.1) is 19.7 Å². The minimum atomic E-state index is -0.486. The molecule has 2 heterocycles. The van der Waals surface area contributed by atoms with Gasteiger partial charge in [-0.2, -0.15) is 5.10 Å². The number of anilines is 3. The number of pyridine rings is 1. The predicted octanol–water partition coefficient (Wildman–Crippen LogP) is 4.03. The van der Waals surface area contributed by atoms with Gasteiger partial charge in [0.1, 0.15) is 11.5 Å². The number of nitrogens with one attached hydrogen (secondary N) is 1. The first-order valence-corrected chi connectivity index (χ1v) is 10.4. The van der Waals surface area contributed by atoms with Gasteiger partial charge in [0.05, 0.1) is 28.8 Å². The summed E-state index contributed by atoms with van der Waals surface area (Å²) in [4.78, 5) is 26.7. The zero-order valence-corrected chi connectivity index (χ0v) is 18.6. The average molecular weight is 445 g/mol. The molecule has 0 aliphatic heterocycles. The Bertz CT molecular complexity index is 1540. The van der Waals surface area contributed by atoms with E-state index in [1.54, 1.807) is 63.4 Å². The summed E-state index contributed by atoms with van der Waals surface area (Å²) in [5.74, 6) is -0.486. The molecule has 2 aromatic carbocycles. The Labute approximate surface area is 189 Å². The van der Waals surface area contributed by atoms with E-state index in [0.29, 0.717) is 22.5 Å². The number of aromatic nitrogens is 3. The number of nitrogens with two attached hydrogens (primary N) is 1. The number of rotatable bonds is 5. The molecule has 0 saturated heterocycles. The summed E-state index contributed by atoms with van der Waals surface area (Å²) < 4.78 is 17.3. The Balaban J connectivity index is 2.15. The van der Waals surface area contributed by atoms with Crippen LogP contribution in [-0.4, -0.2) is 14.3 Å². The van der Waals surface area contributed by atoms with Crippen molar-refractivity contribution in [3.63, 3.8) is 0 Å². The third kappa shape index (κ3) is 3.80. The average Bonchev–Trinajstić information content (AvgIpc) is 2.78. The fraction of sp³-hybridized carbons (Fsp3) is 0.160. The summed E-state index contributed by atoms with van der Waals surface area (Å²) >= 11 is 0. The van der Waals surface area contributed by atoms with Gasteiger partial charge in [-0.3, -0.25) is 9.59 Å². The minimum absolute atomic E-state index is 0.157. The van der Waals surface area contributed by atoms with Crippen molar-refractivity contribution >= 4 is 28.0 Å². The molecular formula is C25H24FN5O2. The lowest BCUT2D eigenvalue weighted by atomic mass is 10.0. The van der Waals surface area contributed by atoms with Crippen molar-refractivity contribution in [3.05, 3.63) is 92.8 Å². The van der Waals surface area contributed by atoms with E-state index in [1.807, 2.05) is 0 Å². The fourth-order valence-electron chi connectivity index (χ4n) is 3.90. The zero-order valence-electron chi connectivity index (χ0n) is 18.6. The van der Waals surface area contributed by atoms with Gasteiger partial charge in [0.15, 0.2) is 0 Å². The number of benzene rings is 2. The largest absolute Gasteiger partial charge is 0.399 e. The fourth-order valence-corrected chi connectivity index (χ4v) is 3.90.